The van der Waals surface area contributed by atoms with Crippen molar-refractivity contribution in [2.75, 3.05) is 0 Å². The zero-order valence-corrected chi connectivity index (χ0v) is 11.6. The number of guanidine groups is 1. The monoisotopic (exact) mass is 287 g/mol. The van der Waals surface area contributed by atoms with Gasteiger partial charge >= 0.3 is 5.95 Å². The molecule has 5 nitrogen and oxygen atoms in total. The topological polar surface area (TPSA) is 91.8 Å². The maximum absolute atomic E-state index is 5.41. The van der Waals surface area contributed by atoms with Gasteiger partial charge in [-0.2, -0.15) is 0 Å². The Balaban J connectivity index is 0.00000147. The summed E-state index contributed by atoms with van der Waals surface area (Å²) >= 11 is 0. The number of nitrogens with zero attached hydrogens (tertiary/aromatic N) is 2. The third kappa shape index (κ3) is 2.35. The summed E-state index contributed by atoms with van der Waals surface area (Å²) in [6, 6.07) is 12.2. The predicted molar refractivity (Wildman–Crippen MR) is 75.8 cm³/mol. The molecular formula is C14H14ClN5. The maximum Gasteiger partial charge on any atom is 0.354 e. The van der Waals surface area contributed by atoms with E-state index < -0.39 is 0 Å². The van der Waals surface area contributed by atoms with E-state index in [1.807, 2.05) is 31.2 Å². The smallest absolute Gasteiger partial charge is 0.354 e. The largest absolute Gasteiger partial charge is 1.00 e. The number of fused-ring (bicyclic) bond motifs is 3. The molecule has 0 bridgehead atoms. The Morgan fingerprint density at radius 1 is 1.05 bits per heavy atom. The maximum atomic E-state index is 5.41. The van der Waals surface area contributed by atoms with Gasteiger partial charge in [0.25, 0.3) is 5.96 Å². The number of aryl methyl sites for hydroxylation is 1. The van der Waals surface area contributed by atoms with E-state index >= 15 is 0 Å². The highest BCUT2D eigenvalue weighted by Gasteiger charge is 2.11. The number of nitrogens with one attached hydrogen (secondary N) is 1. The SMILES string of the molecule is Cc1nc([NH+]=C(N)N)nc2ccc3ccccc3c12.[Cl-]. The third-order valence-electron chi connectivity index (χ3n) is 3.02. The van der Waals surface area contributed by atoms with Gasteiger partial charge < -0.3 is 23.9 Å². The minimum absolute atomic E-state index is 0. The van der Waals surface area contributed by atoms with Gasteiger partial charge in [0, 0.05) is 5.39 Å². The molecule has 0 atom stereocenters. The third-order valence-corrected chi connectivity index (χ3v) is 3.02. The van der Waals surface area contributed by atoms with Gasteiger partial charge in [0.1, 0.15) is 5.52 Å². The molecule has 0 saturated heterocycles. The van der Waals surface area contributed by atoms with E-state index in [0.29, 0.717) is 5.95 Å². The lowest BCUT2D eigenvalue weighted by Gasteiger charge is -2.03. The Labute approximate surface area is 122 Å². The van der Waals surface area contributed by atoms with Gasteiger partial charge in [-0.25, -0.2) is 4.99 Å². The van der Waals surface area contributed by atoms with Crippen LogP contribution in [0.4, 0.5) is 5.95 Å². The Morgan fingerprint density at radius 3 is 2.55 bits per heavy atom. The lowest BCUT2D eigenvalue weighted by Crippen LogP contribution is -3.00. The summed E-state index contributed by atoms with van der Waals surface area (Å²) in [6.45, 7) is 1.95. The van der Waals surface area contributed by atoms with Gasteiger partial charge in [0.05, 0.1) is 5.69 Å². The average molecular weight is 288 g/mol. The highest BCUT2D eigenvalue weighted by molar-refractivity contribution is 6.07. The number of nitrogens with two attached hydrogens (primary N) is 2. The van der Waals surface area contributed by atoms with Gasteiger partial charge in [-0.15, -0.1) is 9.97 Å². The number of halogens is 1. The first-order valence-corrected chi connectivity index (χ1v) is 5.96. The Hall–Kier alpha value is -2.40. The van der Waals surface area contributed by atoms with Crippen molar-refractivity contribution in [2.24, 2.45) is 11.5 Å². The summed E-state index contributed by atoms with van der Waals surface area (Å²) in [5.41, 5.74) is 12.6. The molecule has 6 heteroatoms. The minimum atomic E-state index is 0. The normalized spacial score (nSPS) is 10.2. The molecular weight excluding hydrogens is 274 g/mol. The van der Waals surface area contributed by atoms with E-state index in [-0.39, 0.29) is 18.4 Å². The number of benzene rings is 2. The van der Waals surface area contributed by atoms with Crippen molar-refractivity contribution in [1.82, 2.24) is 9.97 Å². The van der Waals surface area contributed by atoms with Crippen LogP contribution < -0.4 is 28.9 Å². The molecule has 0 amide bonds. The zero-order valence-electron chi connectivity index (χ0n) is 10.9. The fourth-order valence-corrected chi connectivity index (χ4v) is 2.27. The Bertz CT molecular complexity index is 809. The van der Waals surface area contributed by atoms with Crippen molar-refractivity contribution in [2.45, 2.75) is 6.92 Å². The van der Waals surface area contributed by atoms with E-state index in [1.54, 1.807) is 0 Å². The molecule has 3 aromatic rings. The van der Waals surface area contributed by atoms with Crippen molar-refractivity contribution >= 4 is 33.6 Å². The molecule has 20 heavy (non-hydrogen) atoms. The van der Waals surface area contributed by atoms with Crippen molar-refractivity contribution in [3.05, 3.63) is 42.1 Å². The molecule has 2 aromatic carbocycles. The molecule has 0 radical (unpaired) electrons. The first-order valence-electron chi connectivity index (χ1n) is 5.96. The standard InChI is InChI=1S/C14H13N5.ClH/c1-8-12-10-5-3-2-4-9(10)6-7-11(12)18-14(17-8)19-13(15)16;/h2-7H,1H3,(H4,15,16,17,18,19);1H. The Kier molecular flexibility index (Phi) is 3.72. The van der Waals surface area contributed by atoms with Crippen molar-refractivity contribution in [3.63, 3.8) is 0 Å². The predicted octanol–water partition coefficient (Wildman–Crippen LogP) is -2.92. The van der Waals surface area contributed by atoms with Gasteiger partial charge in [0.15, 0.2) is 0 Å². The van der Waals surface area contributed by atoms with Crippen LogP contribution in [-0.2, 0) is 0 Å². The van der Waals surface area contributed by atoms with Gasteiger partial charge in [-0.1, -0.05) is 30.3 Å². The summed E-state index contributed by atoms with van der Waals surface area (Å²) in [6.07, 6.45) is 0. The fourth-order valence-electron chi connectivity index (χ4n) is 2.27. The van der Waals surface area contributed by atoms with Crippen molar-refractivity contribution in [3.8, 4) is 0 Å². The van der Waals surface area contributed by atoms with Crippen molar-refractivity contribution in [1.29, 1.82) is 0 Å². The van der Waals surface area contributed by atoms with Crippen LogP contribution in [0.15, 0.2) is 36.4 Å². The average Bonchev–Trinajstić information content (AvgIpc) is 2.37. The van der Waals surface area contributed by atoms with Crippen LogP contribution in [0, 0.1) is 6.92 Å². The molecule has 1 heterocycles. The molecule has 0 spiro atoms. The van der Waals surface area contributed by atoms with Crippen LogP contribution >= 0.6 is 0 Å². The molecule has 0 fully saturated rings. The quantitative estimate of drug-likeness (QED) is 0.254. The van der Waals surface area contributed by atoms with Crippen LogP contribution in [0.3, 0.4) is 0 Å². The second kappa shape index (κ2) is 5.30. The van der Waals surface area contributed by atoms with Crippen LogP contribution in [0.25, 0.3) is 21.7 Å². The molecule has 0 aliphatic heterocycles. The molecule has 102 valence electrons. The van der Waals surface area contributed by atoms with Crippen LogP contribution in [0.2, 0.25) is 0 Å². The van der Waals surface area contributed by atoms with E-state index in [2.05, 4.69) is 27.1 Å². The number of rotatable bonds is 1. The van der Waals surface area contributed by atoms with Gasteiger partial charge in [-0.05, 0) is 23.8 Å². The number of aromatic nitrogens is 2. The molecule has 3 rings (SSSR count). The molecule has 0 saturated carbocycles. The molecule has 0 unspecified atom stereocenters. The number of hydrogen-bond acceptors (Lipinski definition) is 2. The van der Waals surface area contributed by atoms with Crippen LogP contribution in [-0.4, -0.2) is 15.9 Å². The van der Waals surface area contributed by atoms with Gasteiger partial charge in [-0.3, -0.25) is 0 Å². The molecule has 5 N–H and O–H groups in total. The van der Waals surface area contributed by atoms with E-state index in [9.17, 15) is 0 Å². The van der Waals surface area contributed by atoms with Gasteiger partial charge in [0.2, 0.25) is 0 Å². The second-order valence-corrected chi connectivity index (χ2v) is 4.39. The molecule has 0 aliphatic carbocycles. The van der Waals surface area contributed by atoms with Crippen molar-refractivity contribution < 1.29 is 17.4 Å². The lowest BCUT2D eigenvalue weighted by atomic mass is 10.0. The van der Waals surface area contributed by atoms with Crippen LogP contribution in [0.1, 0.15) is 5.69 Å². The molecule has 0 aliphatic rings. The summed E-state index contributed by atoms with van der Waals surface area (Å²) in [5.74, 6) is 0.500. The summed E-state index contributed by atoms with van der Waals surface area (Å²) < 4.78 is 0. The highest BCUT2D eigenvalue weighted by atomic mass is 35.5. The summed E-state index contributed by atoms with van der Waals surface area (Å²) in [4.78, 5) is 11.5. The summed E-state index contributed by atoms with van der Waals surface area (Å²) in [7, 11) is 0. The molecule has 1 aromatic heterocycles. The Morgan fingerprint density at radius 2 is 1.80 bits per heavy atom. The summed E-state index contributed by atoms with van der Waals surface area (Å²) in [5, 5.41) is 3.38. The lowest BCUT2D eigenvalue weighted by molar-refractivity contribution is -0.366. The van der Waals surface area contributed by atoms with E-state index in [1.165, 1.54) is 5.39 Å². The second-order valence-electron chi connectivity index (χ2n) is 4.39. The fraction of sp³-hybridized carbons (Fsp3) is 0.0714. The zero-order chi connectivity index (χ0) is 13.4. The van der Waals surface area contributed by atoms with Crippen LogP contribution in [0.5, 0.6) is 0 Å². The van der Waals surface area contributed by atoms with E-state index in [0.717, 1.165) is 22.0 Å². The first kappa shape index (κ1) is 14.0. The highest BCUT2D eigenvalue weighted by Crippen LogP contribution is 2.26. The minimum Gasteiger partial charge on any atom is -1.00 e. The van der Waals surface area contributed by atoms with E-state index in [4.69, 9.17) is 11.5 Å². The first-order chi connectivity index (χ1) is 9.15. The number of hydrogen-bond donors (Lipinski definition) is 3.